The lowest BCUT2D eigenvalue weighted by atomic mass is 10.2. The summed E-state index contributed by atoms with van der Waals surface area (Å²) in [5.41, 5.74) is 0. The number of amides is 3. The first-order valence-corrected chi connectivity index (χ1v) is 6.93. The van der Waals surface area contributed by atoms with E-state index < -0.39 is 18.1 Å². The number of aliphatic carboxylic acids is 1. The first-order valence-electron chi connectivity index (χ1n) is 6.93. The van der Waals surface area contributed by atoms with Gasteiger partial charge in [0.15, 0.2) is 0 Å². The number of carboxylic acids is 1. The van der Waals surface area contributed by atoms with Crippen LogP contribution >= 0.6 is 0 Å². The van der Waals surface area contributed by atoms with Gasteiger partial charge in [0.25, 0.3) is 0 Å². The quantitative estimate of drug-likeness (QED) is 0.769. The van der Waals surface area contributed by atoms with Crippen LogP contribution < -0.4 is 5.32 Å². The van der Waals surface area contributed by atoms with Crippen LogP contribution in [0.5, 0.6) is 0 Å². The number of nitrogens with one attached hydrogen (secondary N) is 1. The van der Waals surface area contributed by atoms with Gasteiger partial charge in [-0.2, -0.15) is 0 Å². The second-order valence-corrected chi connectivity index (χ2v) is 4.98. The van der Waals surface area contributed by atoms with Crippen molar-refractivity contribution in [2.75, 3.05) is 20.1 Å². The minimum absolute atomic E-state index is 0.0991. The summed E-state index contributed by atoms with van der Waals surface area (Å²) in [4.78, 5) is 38.1. The minimum Gasteiger partial charge on any atom is -0.481 e. The smallest absolute Gasteiger partial charge is 0.320 e. The normalized spacial score (nSPS) is 19.6. The third kappa shape index (κ3) is 3.61. The first kappa shape index (κ1) is 16.3. The Morgan fingerprint density at radius 3 is 2.60 bits per heavy atom. The molecular weight excluding hydrogens is 262 g/mol. The third-order valence-electron chi connectivity index (χ3n) is 3.64. The number of likely N-dealkylation sites (N-methyl/N-ethyl adjacent to an activating group) is 1. The predicted octanol–water partition coefficient (Wildman–Crippen LogP) is 0.502. The van der Waals surface area contributed by atoms with Crippen LogP contribution in [0.15, 0.2) is 0 Å². The van der Waals surface area contributed by atoms with Crippen molar-refractivity contribution in [3.05, 3.63) is 0 Å². The number of rotatable bonds is 5. The van der Waals surface area contributed by atoms with Gasteiger partial charge in [-0.1, -0.05) is 0 Å². The van der Waals surface area contributed by atoms with Gasteiger partial charge in [-0.15, -0.1) is 0 Å². The van der Waals surface area contributed by atoms with Gasteiger partial charge in [-0.3, -0.25) is 9.59 Å². The van der Waals surface area contributed by atoms with Crippen LogP contribution in [0.3, 0.4) is 0 Å². The van der Waals surface area contributed by atoms with Crippen LogP contribution in [0.25, 0.3) is 0 Å². The maximum Gasteiger partial charge on any atom is 0.320 e. The van der Waals surface area contributed by atoms with E-state index in [1.807, 2.05) is 0 Å². The molecule has 0 aliphatic carbocycles. The molecule has 0 aromatic carbocycles. The number of nitrogens with zero attached hydrogens (tertiary/aromatic N) is 2. The fourth-order valence-corrected chi connectivity index (χ4v) is 2.60. The molecule has 0 bridgehead atoms. The number of likely N-dealkylation sites (tertiary alicyclic amines) is 1. The highest BCUT2D eigenvalue weighted by atomic mass is 16.4. The van der Waals surface area contributed by atoms with E-state index in [4.69, 9.17) is 5.11 Å². The molecule has 1 aliphatic heterocycles. The van der Waals surface area contributed by atoms with Gasteiger partial charge in [0.2, 0.25) is 5.91 Å². The lowest BCUT2D eigenvalue weighted by Gasteiger charge is -2.33. The molecule has 1 fully saturated rings. The van der Waals surface area contributed by atoms with Crippen molar-refractivity contribution in [3.8, 4) is 0 Å². The molecule has 3 amide bonds. The van der Waals surface area contributed by atoms with Crippen LogP contribution in [0.2, 0.25) is 0 Å². The van der Waals surface area contributed by atoms with Gasteiger partial charge in [0.05, 0.1) is 6.42 Å². The highest BCUT2D eigenvalue weighted by molar-refractivity contribution is 5.87. The number of carboxylic acid groups (broad SMARTS) is 1. The van der Waals surface area contributed by atoms with E-state index in [9.17, 15) is 14.4 Å². The summed E-state index contributed by atoms with van der Waals surface area (Å²) in [5.74, 6) is -1.11. The Bertz CT molecular complexity index is 386. The number of hydrogen-bond donors (Lipinski definition) is 2. The molecule has 2 N–H and O–H groups in total. The van der Waals surface area contributed by atoms with Crippen molar-refractivity contribution in [1.82, 2.24) is 15.1 Å². The lowest BCUT2D eigenvalue weighted by Crippen LogP contribution is -2.52. The molecule has 1 aliphatic rings. The van der Waals surface area contributed by atoms with Gasteiger partial charge < -0.3 is 20.2 Å². The lowest BCUT2D eigenvalue weighted by molar-refractivity contribution is -0.138. The molecule has 7 heteroatoms. The number of carbonyl (C=O) groups is 3. The zero-order valence-corrected chi connectivity index (χ0v) is 12.3. The molecule has 0 saturated carbocycles. The maximum absolute atomic E-state index is 12.5. The minimum atomic E-state index is -0.937. The van der Waals surface area contributed by atoms with E-state index in [1.165, 1.54) is 4.90 Å². The van der Waals surface area contributed by atoms with E-state index in [-0.39, 0.29) is 18.4 Å². The number of carbonyl (C=O) groups excluding carboxylic acids is 2. The molecule has 0 radical (unpaired) electrons. The zero-order valence-electron chi connectivity index (χ0n) is 12.3. The Kier molecular flexibility index (Phi) is 5.79. The van der Waals surface area contributed by atoms with E-state index in [0.717, 1.165) is 6.42 Å². The molecule has 114 valence electrons. The zero-order chi connectivity index (χ0) is 15.3. The summed E-state index contributed by atoms with van der Waals surface area (Å²) in [6, 6.07) is -1.10. The fourth-order valence-electron chi connectivity index (χ4n) is 2.60. The van der Waals surface area contributed by atoms with Gasteiger partial charge in [0, 0.05) is 26.2 Å². The van der Waals surface area contributed by atoms with E-state index in [1.54, 1.807) is 25.8 Å². The molecule has 0 aromatic heterocycles. The first-order chi connectivity index (χ1) is 9.42. The van der Waals surface area contributed by atoms with Crippen LogP contribution in [0.1, 0.15) is 33.1 Å². The molecule has 1 saturated heterocycles. The largest absolute Gasteiger partial charge is 0.481 e. The molecule has 0 aromatic rings. The van der Waals surface area contributed by atoms with E-state index in [0.29, 0.717) is 19.5 Å². The van der Waals surface area contributed by atoms with Crippen molar-refractivity contribution < 1.29 is 19.5 Å². The monoisotopic (exact) mass is 285 g/mol. The standard InChI is InChI=1S/C13H23N3O4/c1-4-15(9(2)8-11(17)18)13(20)16-7-5-6-10(16)12(19)14-3/h9-10H,4-8H2,1-3H3,(H,14,19)(H,17,18). The molecule has 2 unspecified atom stereocenters. The Hall–Kier alpha value is -1.79. The Balaban J connectivity index is 2.79. The topological polar surface area (TPSA) is 90.0 Å². The van der Waals surface area contributed by atoms with Crippen molar-refractivity contribution in [3.63, 3.8) is 0 Å². The number of urea groups is 1. The van der Waals surface area contributed by atoms with E-state index in [2.05, 4.69) is 5.32 Å². The average Bonchev–Trinajstić information content (AvgIpc) is 2.86. The molecule has 1 heterocycles. The maximum atomic E-state index is 12.5. The van der Waals surface area contributed by atoms with Crippen molar-refractivity contribution in [1.29, 1.82) is 0 Å². The van der Waals surface area contributed by atoms with Crippen LogP contribution in [0.4, 0.5) is 4.79 Å². The Morgan fingerprint density at radius 1 is 1.45 bits per heavy atom. The van der Waals surface area contributed by atoms with Gasteiger partial charge >= 0.3 is 12.0 Å². The van der Waals surface area contributed by atoms with Crippen LogP contribution in [0, 0.1) is 0 Å². The van der Waals surface area contributed by atoms with Gasteiger partial charge in [-0.25, -0.2) is 4.79 Å². The highest BCUT2D eigenvalue weighted by Crippen LogP contribution is 2.20. The van der Waals surface area contributed by atoms with Crippen molar-refractivity contribution >= 4 is 17.9 Å². The SMILES string of the molecule is CCN(C(=O)N1CCCC1C(=O)NC)C(C)CC(=O)O. The fraction of sp³-hybridized carbons (Fsp3) is 0.769. The second kappa shape index (κ2) is 7.12. The van der Waals surface area contributed by atoms with Crippen molar-refractivity contribution in [2.45, 2.75) is 45.2 Å². The Labute approximate surface area is 118 Å². The summed E-state index contributed by atoms with van der Waals surface area (Å²) in [6.45, 7) is 4.47. The summed E-state index contributed by atoms with van der Waals surface area (Å²) >= 11 is 0. The molecule has 20 heavy (non-hydrogen) atoms. The molecular formula is C13H23N3O4. The predicted molar refractivity (Wildman–Crippen MR) is 73.3 cm³/mol. The van der Waals surface area contributed by atoms with E-state index >= 15 is 0 Å². The Morgan fingerprint density at radius 2 is 2.10 bits per heavy atom. The summed E-state index contributed by atoms with van der Waals surface area (Å²) in [7, 11) is 1.55. The summed E-state index contributed by atoms with van der Waals surface area (Å²) in [5, 5.41) is 11.4. The molecule has 1 rings (SSSR count). The average molecular weight is 285 g/mol. The number of hydrogen-bond acceptors (Lipinski definition) is 3. The van der Waals surface area contributed by atoms with Gasteiger partial charge in [0.1, 0.15) is 6.04 Å². The molecule has 2 atom stereocenters. The highest BCUT2D eigenvalue weighted by Gasteiger charge is 2.36. The van der Waals surface area contributed by atoms with Crippen molar-refractivity contribution in [2.24, 2.45) is 0 Å². The van der Waals surface area contributed by atoms with Crippen LogP contribution in [-0.2, 0) is 9.59 Å². The summed E-state index contributed by atoms with van der Waals surface area (Å²) < 4.78 is 0. The summed E-state index contributed by atoms with van der Waals surface area (Å²) in [6.07, 6.45) is 1.34. The van der Waals surface area contributed by atoms with Gasteiger partial charge in [-0.05, 0) is 26.7 Å². The van der Waals surface area contributed by atoms with Crippen LogP contribution in [-0.4, -0.2) is 65.0 Å². The second-order valence-electron chi connectivity index (χ2n) is 4.98. The molecule has 0 spiro atoms. The molecule has 7 nitrogen and oxygen atoms in total. The third-order valence-corrected chi connectivity index (χ3v) is 3.64.